The third-order valence-electron chi connectivity index (χ3n) is 4.62. The molecule has 0 unspecified atom stereocenters. The van der Waals surface area contributed by atoms with Gasteiger partial charge in [0.05, 0.1) is 6.54 Å². The second kappa shape index (κ2) is 11.1. The first-order chi connectivity index (χ1) is 15.4. The van der Waals surface area contributed by atoms with Crippen molar-refractivity contribution in [3.05, 3.63) is 83.4 Å². The Morgan fingerprint density at radius 2 is 1.59 bits per heavy atom. The van der Waals surface area contributed by atoms with Crippen LogP contribution in [0, 0.1) is 6.92 Å². The van der Waals surface area contributed by atoms with Gasteiger partial charge < -0.3 is 25.6 Å². The first kappa shape index (κ1) is 23.0. The van der Waals surface area contributed by atoms with Crippen LogP contribution in [0.3, 0.4) is 0 Å². The number of halogens is 1. The molecule has 3 N–H and O–H groups in total. The summed E-state index contributed by atoms with van der Waals surface area (Å²) in [6, 6.07) is 20.9. The van der Waals surface area contributed by atoms with Crippen LogP contribution in [0.15, 0.2) is 72.8 Å². The molecular formula is C24H25ClN4O3. The SMILES string of the molecule is Cc1ccc(NC(=O)Nc2ccccc2)cc1NC(=O)N(C)CCOc1ccc(Cl)cc1. The molecule has 3 aromatic rings. The Hall–Kier alpha value is -3.71. The number of likely N-dealkylation sites (N-methyl/N-ethyl adjacent to an activating group) is 1. The largest absolute Gasteiger partial charge is 0.492 e. The predicted octanol–water partition coefficient (Wildman–Crippen LogP) is 5.84. The minimum absolute atomic E-state index is 0.279. The number of ether oxygens (including phenoxy) is 1. The topological polar surface area (TPSA) is 82.7 Å². The Bertz CT molecular complexity index is 1060. The van der Waals surface area contributed by atoms with Crippen LogP contribution in [0.5, 0.6) is 5.75 Å². The van der Waals surface area contributed by atoms with E-state index in [1.165, 1.54) is 4.90 Å². The van der Waals surface area contributed by atoms with Gasteiger partial charge in [0.25, 0.3) is 0 Å². The third-order valence-corrected chi connectivity index (χ3v) is 4.88. The second-order valence-electron chi connectivity index (χ2n) is 7.13. The molecule has 4 amide bonds. The molecule has 32 heavy (non-hydrogen) atoms. The Morgan fingerprint density at radius 1 is 0.906 bits per heavy atom. The van der Waals surface area contributed by atoms with Crippen molar-refractivity contribution in [3.63, 3.8) is 0 Å². The van der Waals surface area contributed by atoms with Crippen LogP contribution in [0.1, 0.15) is 5.56 Å². The number of carbonyl (C=O) groups excluding carboxylic acids is 2. The highest BCUT2D eigenvalue weighted by atomic mass is 35.5. The molecule has 166 valence electrons. The van der Waals surface area contributed by atoms with Crippen molar-refractivity contribution in [2.45, 2.75) is 6.92 Å². The minimum Gasteiger partial charge on any atom is -0.492 e. The molecule has 3 rings (SSSR count). The number of benzene rings is 3. The van der Waals surface area contributed by atoms with E-state index in [1.807, 2.05) is 31.2 Å². The van der Waals surface area contributed by atoms with E-state index in [9.17, 15) is 9.59 Å². The molecule has 0 spiro atoms. The predicted molar refractivity (Wildman–Crippen MR) is 129 cm³/mol. The monoisotopic (exact) mass is 452 g/mol. The number of hydrogen-bond donors (Lipinski definition) is 3. The Kier molecular flexibility index (Phi) is 7.94. The van der Waals surface area contributed by atoms with E-state index in [4.69, 9.17) is 16.3 Å². The van der Waals surface area contributed by atoms with Gasteiger partial charge in [-0.2, -0.15) is 0 Å². The summed E-state index contributed by atoms with van der Waals surface area (Å²) in [5, 5.41) is 9.04. The van der Waals surface area contributed by atoms with Gasteiger partial charge in [-0.1, -0.05) is 35.9 Å². The number of urea groups is 2. The highest BCUT2D eigenvalue weighted by Crippen LogP contribution is 2.21. The molecule has 0 aliphatic heterocycles. The molecule has 0 fully saturated rings. The van der Waals surface area contributed by atoms with E-state index in [2.05, 4.69) is 16.0 Å². The summed E-state index contributed by atoms with van der Waals surface area (Å²) >= 11 is 5.86. The summed E-state index contributed by atoms with van der Waals surface area (Å²) in [4.78, 5) is 26.3. The lowest BCUT2D eigenvalue weighted by Crippen LogP contribution is -2.34. The zero-order chi connectivity index (χ0) is 22.9. The first-order valence-corrected chi connectivity index (χ1v) is 10.4. The van der Waals surface area contributed by atoms with Crippen molar-refractivity contribution in [1.82, 2.24) is 4.90 Å². The number of aryl methyl sites for hydroxylation is 1. The fourth-order valence-electron chi connectivity index (χ4n) is 2.79. The number of nitrogens with zero attached hydrogens (tertiary/aromatic N) is 1. The van der Waals surface area contributed by atoms with E-state index in [1.54, 1.807) is 55.6 Å². The maximum absolute atomic E-state index is 12.6. The van der Waals surface area contributed by atoms with Crippen molar-refractivity contribution < 1.29 is 14.3 Å². The lowest BCUT2D eigenvalue weighted by Gasteiger charge is -2.19. The standard InChI is InChI=1S/C24H25ClN4O3/c1-17-8-11-20(27-23(30)26-19-6-4-3-5-7-19)16-22(17)28-24(31)29(2)14-15-32-21-12-9-18(25)10-13-21/h3-13,16H,14-15H2,1-2H3,(H,28,31)(H2,26,27,30). The van der Waals surface area contributed by atoms with Gasteiger partial charge in [-0.15, -0.1) is 0 Å². The summed E-state index contributed by atoms with van der Waals surface area (Å²) < 4.78 is 5.63. The molecule has 3 aromatic carbocycles. The van der Waals surface area contributed by atoms with Crippen LogP contribution in [0.4, 0.5) is 26.7 Å². The van der Waals surface area contributed by atoms with Crippen LogP contribution in [-0.4, -0.2) is 37.2 Å². The second-order valence-corrected chi connectivity index (χ2v) is 7.57. The summed E-state index contributed by atoms with van der Waals surface area (Å²) in [6.07, 6.45) is 0. The summed E-state index contributed by atoms with van der Waals surface area (Å²) in [7, 11) is 1.69. The van der Waals surface area contributed by atoms with E-state index in [0.29, 0.717) is 41.0 Å². The van der Waals surface area contributed by atoms with Crippen molar-refractivity contribution >= 4 is 40.7 Å². The van der Waals surface area contributed by atoms with Gasteiger partial charge in [0.1, 0.15) is 12.4 Å². The molecular weight excluding hydrogens is 428 g/mol. The number of amides is 4. The molecule has 0 aliphatic carbocycles. The fourth-order valence-corrected chi connectivity index (χ4v) is 2.92. The van der Waals surface area contributed by atoms with Gasteiger partial charge in [-0.05, 0) is 61.0 Å². The molecule has 0 radical (unpaired) electrons. The van der Waals surface area contributed by atoms with Crippen LogP contribution in [-0.2, 0) is 0 Å². The molecule has 0 saturated carbocycles. The van der Waals surface area contributed by atoms with E-state index in [0.717, 1.165) is 5.56 Å². The van der Waals surface area contributed by atoms with Crippen LogP contribution in [0.25, 0.3) is 0 Å². The number of hydrogen-bond acceptors (Lipinski definition) is 3. The smallest absolute Gasteiger partial charge is 0.323 e. The molecule has 0 bridgehead atoms. The highest BCUT2D eigenvalue weighted by Gasteiger charge is 2.12. The molecule has 0 aliphatic rings. The van der Waals surface area contributed by atoms with Gasteiger partial charge in [0.2, 0.25) is 0 Å². The van der Waals surface area contributed by atoms with Crippen molar-refractivity contribution in [2.75, 3.05) is 36.1 Å². The van der Waals surface area contributed by atoms with Crippen molar-refractivity contribution in [2.24, 2.45) is 0 Å². The Balaban J connectivity index is 1.52. The van der Waals surface area contributed by atoms with Gasteiger partial charge in [0, 0.05) is 29.1 Å². The first-order valence-electron chi connectivity index (χ1n) is 10.0. The zero-order valence-electron chi connectivity index (χ0n) is 17.9. The average Bonchev–Trinajstić information content (AvgIpc) is 2.78. The molecule has 8 heteroatoms. The maximum Gasteiger partial charge on any atom is 0.323 e. The third kappa shape index (κ3) is 6.92. The Morgan fingerprint density at radius 3 is 2.31 bits per heavy atom. The van der Waals surface area contributed by atoms with Crippen LogP contribution in [0.2, 0.25) is 5.02 Å². The average molecular weight is 453 g/mol. The Labute approximate surface area is 192 Å². The number of nitrogens with one attached hydrogen (secondary N) is 3. The summed E-state index contributed by atoms with van der Waals surface area (Å²) in [5.74, 6) is 0.687. The highest BCUT2D eigenvalue weighted by molar-refractivity contribution is 6.30. The minimum atomic E-state index is -0.367. The molecule has 0 aromatic heterocycles. The normalized spacial score (nSPS) is 10.2. The summed E-state index contributed by atoms with van der Waals surface area (Å²) in [6.45, 7) is 2.61. The lowest BCUT2D eigenvalue weighted by molar-refractivity contribution is 0.207. The molecule has 0 saturated heterocycles. The van der Waals surface area contributed by atoms with Gasteiger partial charge >= 0.3 is 12.1 Å². The van der Waals surface area contributed by atoms with E-state index >= 15 is 0 Å². The van der Waals surface area contributed by atoms with Crippen molar-refractivity contribution in [1.29, 1.82) is 0 Å². The number of rotatable bonds is 7. The van der Waals surface area contributed by atoms with Crippen LogP contribution >= 0.6 is 11.6 Å². The quantitative estimate of drug-likeness (QED) is 0.421. The molecule has 0 heterocycles. The molecule has 7 nitrogen and oxygen atoms in total. The number of para-hydroxylation sites is 1. The zero-order valence-corrected chi connectivity index (χ0v) is 18.6. The van der Waals surface area contributed by atoms with Crippen LogP contribution < -0.4 is 20.7 Å². The van der Waals surface area contributed by atoms with Gasteiger partial charge in [0.15, 0.2) is 0 Å². The lowest BCUT2D eigenvalue weighted by atomic mass is 10.2. The maximum atomic E-state index is 12.6. The fraction of sp³-hybridized carbons (Fsp3) is 0.167. The number of anilines is 3. The van der Waals surface area contributed by atoms with Gasteiger partial charge in [-0.3, -0.25) is 0 Å². The van der Waals surface area contributed by atoms with E-state index < -0.39 is 0 Å². The van der Waals surface area contributed by atoms with Crippen molar-refractivity contribution in [3.8, 4) is 5.75 Å². The van der Waals surface area contributed by atoms with E-state index in [-0.39, 0.29) is 12.1 Å². The number of carbonyl (C=O) groups is 2. The summed E-state index contributed by atoms with van der Waals surface area (Å²) in [5.41, 5.74) is 2.73. The van der Waals surface area contributed by atoms with Gasteiger partial charge in [-0.25, -0.2) is 9.59 Å². The molecule has 0 atom stereocenters.